The molecular formula is C12H14N4O2. The third-order valence-corrected chi connectivity index (χ3v) is 2.74. The molecule has 1 unspecified atom stereocenters. The second kappa shape index (κ2) is 4.87. The Balaban J connectivity index is 2.17. The highest BCUT2D eigenvalue weighted by atomic mass is 16.6. The monoisotopic (exact) mass is 246 g/mol. The number of nitrogens with zero attached hydrogens (tertiary/aromatic N) is 3. The Morgan fingerprint density at radius 1 is 1.44 bits per heavy atom. The third kappa shape index (κ3) is 2.48. The van der Waals surface area contributed by atoms with E-state index in [4.69, 9.17) is 0 Å². The highest BCUT2D eigenvalue weighted by molar-refractivity contribution is 5.51. The predicted octanol–water partition coefficient (Wildman–Crippen LogP) is 2.50. The lowest BCUT2D eigenvalue weighted by Gasteiger charge is -2.15. The van der Waals surface area contributed by atoms with Crippen LogP contribution < -0.4 is 5.32 Å². The van der Waals surface area contributed by atoms with Crippen molar-refractivity contribution in [3.63, 3.8) is 0 Å². The molecule has 0 saturated heterocycles. The van der Waals surface area contributed by atoms with E-state index in [1.165, 1.54) is 12.1 Å². The van der Waals surface area contributed by atoms with Crippen LogP contribution in [0.5, 0.6) is 0 Å². The molecule has 6 nitrogen and oxygen atoms in total. The number of nitro benzene ring substituents is 1. The maximum atomic E-state index is 10.7. The smallest absolute Gasteiger partial charge is 0.271 e. The fourth-order valence-electron chi connectivity index (χ4n) is 1.84. The number of aromatic nitrogens is 2. The molecule has 1 heterocycles. The van der Waals surface area contributed by atoms with Crippen LogP contribution in [0.3, 0.4) is 0 Å². The van der Waals surface area contributed by atoms with Crippen LogP contribution in [0.1, 0.15) is 18.7 Å². The molecule has 0 saturated carbocycles. The topological polar surface area (TPSA) is 73.0 Å². The van der Waals surface area contributed by atoms with E-state index >= 15 is 0 Å². The SMILES string of the molecule is CC(Nc1cccc([N+](=O)[O-])c1)c1ccnn1C. The van der Waals surface area contributed by atoms with Gasteiger partial charge in [-0.25, -0.2) is 0 Å². The number of non-ortho nitro benzene ring substituents is 1. The van der Waals surface area contributed by atoms with Gasteiger partial charge < -0.3 is 5.32 Å². The zero-order valence-electron chi connectivity index (χ0n) is 10.2. The summed E-state index contributed by atoms with van der Waals surface area (Å²) >= 11 is 0. The van der Waals surface area contributed by atoms with E-state index in [2.05, 4.69) is 10.4 Å². The van der Waals surface area contributed by atoms with Gasteiger partial charge in [-0.1, -0.05) is 6.07 Å². The van der Waals surface area contributed by atoms with Gasteiger partial charge in [0.1, 0.15) is 0 Å². The standard InChI is InChI=1S/C12H14N4O2/c1-9(12-6-7-13-15(12)2)14-10-4-3-5-11(8-10)16(17)18/h3-9,14H,1-2H3. The van der Waals surface area contributed by atoms with Crippen molar-refractivity contribution in [2.45, 2.75) is 13.0 Å². The predicted molar refractivity (Wildman–Crippen MR) is 68.3 cm³/mol. The van der Waals surface area contributed by atoms with E-state index in [1.807, 2.05) is 20.0 Å². The number of aryl methyl sites for hydroxylation is 1. The molecule has 0 aliphatic heterocycles. The summed E-state index contributed by atoms with van der Waals surface area (Å²) in [7, 11) is 1.86. The van der Waals surface area contributed by atoms with Crippen molar-refractivity contribution in [1.82, 2.24) is 9.78 Å². The van der Waals surface area contributed by atoms with Crippen molar-refractivity contribution in [2.75, 3.05) is 5.32 Å². The molecule has 1 atom stereocenters. The normalized spacial score (nSPS) is 12.1. The van der Waals surface area contributed by atoms with Crippen molar-refractivity contribution in [3.05, 3.63) is 52.3 Å². The van der Waals surface area contributed by atoms with Crippen LogP contribution in [0.4, 0.5) is 11.4 Å². The van der Waals surface area contributed by atoms with Crippen molar-refractivity contribution in [2.24, 2.45) is 7.05 Å². The minimum absolute atomic E-state index is 0.0273. The molecule has 94 valence electrons. The molecule has 18 heavy (non-hydrogen) atoms. The van der Waals surface area contributed by atoms with Gasteiger partial charge >= 0.3 is 0 Å². The van der Waals surface area contributed by atoms with Crippen LogP contribution >= 0.6 is 0 Å². The second-order valence-corrected chi connectivity index (χ2v) is 4.05. The minimum atomic E-state index is -0.403. The third-order valence-electron chi connectivity index (χ3n) is 2.74. The van der Waals surface area contributed by atoms with E-state index in [9.17, 15) is 10.1 Å². The first-order valence-electron chi connectivity index (χ1n) is 5.57. The number of anilines is 1. The molecule has 0 radical (unpaired) electrons. The van der Waals surface area contributed by atoms with Gasteiger partial charge in [-0.2, -0.15) is 5.10 Å². The molecule has 0 aliphatic rings. The van der Waals surface area contributed by atoms with Gasteiger partial charge in [0.05, 0.1) is 16.7 Å². The zero-order chi connectivity index (χ0) is 13.1. The van der Waals surface area contributed by atoms with E-state index in [-0.39, 0.29) is 11.7 Å². The number of hydrogen-bond donors (Lipinski definition) is 1. The summed E-state index contributed by atoms with van der Waals surface area (Å²) in [5, 5.41) is 18.0. The Bertz CT molecular complexity index is 565. The lowest BCUT2D eigenvalue weighted by molar-refractivity contribution is -0.384. The number of hydrogen-bond acceptors (Lipinski definition) is 4. The Hall–Kier alpha value is -2.37. The summed E-state index contributed by atoms with van der Waals surface area (Å²) in [5.41, 5.74) is 1.82. The van der Waals surface area contributed by atoms with E-state index in [0.717, 1.165) is 11.4 Å². The molecule has 0 amide bonds. The Morgan fingerprint density at radius 3 is 2.83 bits per heavy atom. The molecule has 1 aromatic heterocycles. The summed E-state index contributed by atoms with van der Waals surface area (Å²) in [5.74, 6) is 0. The number of rotatable bonds is 4. The van der Waals surface area contributed by atoms with E-state index in [1.54, 1.807) is 23.0 Å². The molecule has 1 aromatic carbocycles. The van der Waals surface area contributed by atoms with Gasteiger partial charge in [0.25, 0.3) is 5.69 Å². The number of nitro groups is 1. The van der Waals surface area contributed by atoms with Crippen molar-refractivity contribution >= 4 is 11.4 Å². The lowest BCUT2D eigenvalue weighted by atomic mass is 10.2. The molecular weight excluding hydrogens is 232 g/mol. The average molecular weight is 246 g/mol. The Morgan fingerprint density at radius 2 is 2.22 bits per heavy atom. The molecule has 0 spiro atoms. The Kier molecular flexibility index (Phi) is 3.27. The highest BCUT2D eigenvalue weighted by Crippen LogP contribution is 2.22. The van der Waals surface area contributed by atoms with Gasteiger partial charge in [0.15, 0.2) is 0 Å². The van der Waals surface area contributed by atoms with Gasteiger partial charge in [-0.15, -0.1) is 0 Å². The number of benzene rings is 1. The highest BCUT2D eigenvalue weighted by Gasteiger charge is 2.11. The summed E-state index contributed by atoms with van der Waals surface area (Å²) in [6, 6.07) is 8.40. The first kappa shape index (κ1) is 12.1. The fraction of sp³-hybridized carbons (Fsp3) is 0.250. The quantitative estimate of drug-likeness (QED) is 0.664. The lowest BCUT2D eigenvalue weighted by Crippen LogP contribution is -2.11. The van der Waals surface area contributed by atoms with Crippen molar-refractivity contribution in [1.29, 1.82) is 0 Å². The first-order chi connectivity index (χ1) is 8.58. The summed E-state index contributed by atoms with van der Waals surface area (Å²) in [4.78, 5) is 10.3. The van der Waals surface area contributed by atoms with Crippen LogP contribution in [0.2, 0.25) is 0 Å². The van der Waals surface area contributed by atoms with Gasteiger partial charge in [0, 0.05) is 31.1 Å². The maximum Gasteiger partial charge on any atom is 0.271 e. The number of nitrogens with one attached hydrogen (secondary N) is 1. The van der Waals surface area contributed by atoms with Crippen LogP contribution in [0.15, 0.2) is 36.5 Å². The average Bonchev–Trinajstić information content (AvgIpc) is 2.76. The van der Waals surface area contributed by atoms with E-state index in [0.29, 0.717) is 0 Å². The fourth-order valence-corrected chi connectivity index (χ4v) is 1.84. The van der Waals surface area contributed by atoms with Gasteiger partial charge in [-0.05, 0) is 19.1 Å². The van der Waals surface area contributed by atoms with Crippen molar-refractivity contribution < 1.29 is 4.92 Å². The maximum absolute atomic E-state index is 10.7. The molecule has 0 bridgehead atoms. The summed E-state index contributed by atoms with van der Waals surface area (Å²) in [6.45, 7) is 1.98. The van der Waals surface area contributed by atoms with Gasteiger partial charge in [-0.3, -0.25) is 14.8 Å². The van der Waals surface area contributed by atoms with Crippen LogP contribution in [-0.2, 0) is 7.05 Å². The molecule has 6 heteroatoms. The second-order valence-electron chi connectivity index (χ2n) is 4.05. The van der Waals surface area contributed by atoms with Crippen LogP contribution in [0.25, 0.3) is 0 Å². The summed E-state index contributed by atoms with van der Waals surface area (Å²) < 4.78 is 1.77. The first-order valence-corrected chi connectivity index (χ1v) is 5.57. The molecule has 2 rings (SSSR count). The molecule has 0 aliphatic carbocycles. The van der Waals surface area contributed by atoms with Crippen LogP contribution in [-0.4, -0.2) is 14.7 Å². The summed E-state index contributed by atoms with van der Waals surface area (Å²) in [6.07, 6.45) is 1.72. The minimum Gasteiger partial charge on any atom is -0.377 e. The zero-order valence-corrected chi connectivity index (χ0v) is 10.2. The Labute approximate surface area is 104 Å². The van der Waals surface area contributed by atoms with Crippen LogP contribution in [0, 0.1) is 10.1 Å². The molecule has 1 N–H and O–H groups in total. The largest absolute Gasteiger partial charge is 0.377 e. The van der Waals surface area contributed by atoms with E-state index < -0.39 is 4.92 Å². The van der Waals surface area contributed by atoms with Gasteiger partial charge in [0.2, 0.25) is 0 Å². The van der Waals surface area contributed by atoms with Crippen molar-refractivity contribution in [3.8, 4) is 0 Å². The molecule has 2 aromatic rings. The molecule has 0 fully saturated rings.